The lowest BCUT2D eigenvalue weighted by Gasteiger charge is -2.32. The van der Waals surface area contributed by atoms with Crippen molar-refractivity contribution in [3.05, 3.63) is 0 Å². The molecule has 0 bridgehead atoms. The number of carbonyl (C=O) groups excluding carboxylic acids is 1. The van der Waals surface area contributed by atoms with E-state index in [0.29, 0.717) is 12.6 Å². The highest BCUT2D eigenvalue weighted by Crippen LogP contribution is 2.11. The van der Waals surface area contributed by atoms with Crippen molar-refractivity contribution in [2.45, 2.75) is 38.6 Å². The van der Waals surface area contributed by atoms with Crippen molar-refractivity contribution in [2.75, 3.05) is 66.1 Å². The molecule has 2 rings (SSSR count). The topological polar surface area (TPSA) is 78.4 Å². The first-order valence-corrected chi connectivity index (χ1v) is 9.92. The molecule has 2 fully saturated rings. The van der Waals surface area contributed by atoms with Gasteiger partial charge in [-0.25, -0.2) is 4.79 Å². The molecule has 2 aliphatic rings. The summed E-state index contributed by atoms with van der Waals surface area (Å²) in [6.07, 6.45) is 3.93. The number of unbranched alkanes of at least 4 members (excludes halogenated alkanes) is 1. The second-order valence-electron chi connectivity index (χ2n) is 6.76. The van der Waals surface area contributed by atoms with Gasteiger partial charge in [0, 0.05) is 45.8 Å². The van der Waals surface area contributed by atoms with E-state index in [4.69, 9.17) is 9.47 Å². The largest absolute Gasteiger partial charge is 0.450 e. The number of ether oxygens (including phenoxy) is 2. The maximum absolute atomic E-state index is 11.7. The smallest absolute Gasteiger partial charge is 0.409 e. The molecule has 0 aromatic heterocycles. The SMILES string of the molecule is CCOC(=O)N1CCC(NC(=NC)NCCCCN2CCOCC2)CC1. The van der Waals surface area contributed by atoms with Crippen LogP contribution in [0.15, 0.2) is 4.99 Å². The number of guanidine groups is 1. The Labute approximate surface area is 157 Å². The summed E-state index contributed by atoms with van der Waals surface area (Å²) < 4.78 is 10.4. The second kappa shape index (κ2) is 12.0. The highest BCUT2D eigenvalue weighted by Gasteiger charge is 2.23. The van der Waals surface area contributed by atoms with Crippen molar-refractivity contribution >= 4 is 12.1 Å². The number of carbonyl (C=O) groups is 1. The molecule has 26 heavy (non-hydrogen) atoms. The molecule has 150 valence electrons. The van der Waals surface area contributed by atoms with Crippen LogP contribution >= 0.6 is 0 Å². The van der Waals surface area contributed by atoms with E-state index in [2.05, 4.69) is 20.5 Å². The Morgan fingerprint density at radius 3 is 2.58 bits per heavy atom. The van der Waals surface area contributed by atoms with Gasteiger partial charge >= 0.3 is 6.09 Å². The molecular weight excluding hydrogens is 334 g/mol. The van der Waals surface area contributed by atoms with Gasteiger partial charge in [0.2, 0.25) is 0 Å². The molecular formula is C18H35N5O3. The molecule has 2 heterocycles. The zero-order valence-corrected chi connectivity index (χ0v) is 16.3. The van der Waals surface area contributed by atoms with Gasteiger partial charge in [-0.15, -0.1) is 0 Å². The molecule has 2 saturated heterocycles. The highest BCUT2D eigenvalue weighted by molar-refractivity contribution is 5.80. The number of amides is 1. The molecule has 2 N–H and O–H groups in total. The summed E-state index contributed by atoms with van der Waals surface area (Å²) in [5, 5.41) is 6.87. The Kier molecular flexibility index (Phi) is 9.55. The van der Waals surface area contributed by atoms with Crippen LogP contribution in [0.25, 0.3) is 0 Å². The van der Waals surface area contributed by atoms with Gasteiger partial charge in [0.1, 0.15) is 0 Å². The third kappa shape index (κ3) is 7.37. The Morgan fingerprint density at radius 2 is 1.92 bits per heavy atom. The van der Waals surface area contributed by atoms with Gasteiger partial charge in [0.15, 0.2) is 5.96 Å². The number of rotatable bonds is 7. The number of hydrogen-bond donors (Lipinski definition) is 2. The van der Waals surface area contributed by atoms with Crippen molar-refractivity contribution in [2.24, 2.45) is 4.99 Å². The fourth-order valence-electron chi connectivity index (χ4n) is 3.30. The van der Waals surface area contributed by atoms with E-state index < -0.39 is 0 Å². The summed E-state index contributed by atoms with van der Waals surface area (Å²) in [5.74, 6) is 0.853. The van der Waals surface area contributed by atoms with E-state index in [1.807, 2.05) is 6.92 Å². The van der Waals surface area contributed by atoms with E-state index >= 15 is 0 Å². The summed E-state index contributed by atoms with van der Waals surface area (Å²) in [4.78, 5) is 20.3. The van der Waals surface area contributed by atoms with Crippen molar-refractivity contribution in [1.29, 1.82) is 0 Å². The molecule has 2 aliphatic heterocycles. The van der Waals surface area contributed by atoms with E-state index in [1.165, 1.54) is 6.42 Å². The molecule has 8 heteroatoms. The molecule has 0 aliphatic carbocycles. The molecule has 0 aromatic rings. The van der Waals surface area contributed by atoms with Crippen LogP contribution in [0.4, 0.5) is 4.79 Å². The number of hydrogen-bond acceptors (Lipinski definition) is 5. The average Bonchev–Trinajstić information content (AvgIpc) is 2.68. The van der Waals surface area contributed by atoms with Crippen LogP contribution in [0.3, 0.4) is 0 Å². The van der Waals surface area contributed by atoms with E-state index in [1.54, 1.807) is 11.9 Å². The fraction of sp³-hybridized carbons (Fsp3) is 0.889. The Hall–Kier alpha value is -1.54. The average molecular weight is 370 g/mol. The lowest BCUT2D eigenvalue weighted by molar-refractivity contribution is 0.0372. The van der Waals surface area contributed by atoms with Crippen LogP contribution < -0.4 is 10.6 Å². The van der Waals surface area contributed by atoms with Gasteiger partial charge in [-0.3, -0.25) is 9.89 Å². The minimum atomic E-state index is -0.200. The summed E-state index contributed by atoms with van der Waals surface area (Å²) in [6.45, 7) is 9.63. The summed E-state index contributed by atoms with van der Waals surface area (Å²) in [5.41, 5.74) is 0. The van der Waals surface area contributed by atoms with Crippen LogP contribution in [-0.2, 0) is 9.47 Å². The van der Waals surface area contributed by atoms with Crippen LogP contribution in [0.5, 0.6) is 0 Å². The highest BCUT2D eigenvalue weighted by atomic mass is 16.6. The van der Waals surface area contributed by atoms with E-state index in [0.717, 1.165) is 77.7 Å². The number of nitrogens with zero attached hydrogens (tertiary/aromatic N) is 3. The first-order valence-electron chi connectivity index (χ1n) is 9.92. The van der Waals surface area contributed by atoms with Gasteiger partial charge in [-0.1, -0.05) is 0 Å². The van der Waals surface area contributed by atoms with Crippen molar-refractivity contribution in [3.63, 3.8) is 0 Å². The third-order valence-electron chi connectivity index (χ3n) is 4.88. The van der Waals surface area contributed by atoms with Crippen LogP contribution in [-0.4, -0.2) is 94.0 Å². The number of morpholine rings is 1. The minimum Gasteiger partial charge on any atom is -0.450 e. The van der Waals surface area contributed by atoms with Gasteiger partial charge in [0.25, 0.3) is 0 Å². The van der Waals surface area contributed by atoms with E-state index in [-0.39, 0.29) is 6.09 Å². The molecule has 8 nitrogen and oxygen atoms in total. The second-order valence-corrected chi connectivity index (χ2v) is 6.76. The monoisotopic (exact) mass is 369 g/mol. The first kappa shape index (κ1) is 20.8. The molecule has 0 unspecified atom stereocenters. The van der Waals surface area contributed by atoms with Gasteiger partial charge in [-0.05, 0) is 39.2 Å². The number of likely N-dealkylation sites (tertiary alicyclic amines) is 1. The summed E-state index contributed by atoms with van der Waals surface area (Å²) in [7, 11) is 1.80. The summed E-state index contributed by atoms with van der Waals surface area (Å²) in [6, 6.07) is 0.347. The van der Waals surface area contributed by atoms with Crippen molar-refractivity contribution in [3.8, 4) is 0 Å². The summed E-state index contributed by atoms with van der Waals surface area (Å²) >= 11 is 0. The molecule has 0 saturated carbocycles. The zero-order valence-electron chi connectivity index (χ0n) is 16.3. The maximum atomic E-state index is 11.7. The van der Waals surface area contributed by atoms with Crippen molar-refractivity contribution in [1.82, 2.24) is 20.4 Å². The number of aliphatic imine (C=N–C) groups is 1. The Balaban J connectivity index is 1.55. The third-order valence-corrected chi connectivity index (χ3v) is 4.88. The normalized spacial score (nSPS) is 20.1. The molecule has 0 radical (unpaired) electrons. The molecule has 0 spiro atoms. The number of piperidine rings is 1. The molecule has 1 amide bonds. The van der Waals surface area contributed by atoms with Crippen LogP contribution in [0, 0.1) is 0 Å². The van der Waals surface area contributed by atoms with E-state index in [9.17, 15) is 4.79 Å². The maximum Gasteiger partial charge on any atom is 0.409 e. The van der Waals surface area contributed by atoms with Crippen LogP contribution in [0.1, 0.15) is 32.6 Å². The van der Waals surface area contributed by atoms with Crippen LogP contribution in [0.2, 0.25) is 0 Å². The Bertz CT molecular complexity index is 433. The molecule has 0 atom stereocenters. The lowest BCUT2D eigenvalue weighted by atomic mass is 10.1. The lowest BCUT2D eigenvalue weighted by Crippen LogP contribution is -2.50. The fourth-order valence-corrected chi connectivity index (χ4v) is 3.30. The minimum absolute atomic E-state index is 0.200. The molecule has 0 aromatic carbocycles. The van der Waals surface area contributed by atoms with Gasteiger partial charge < -0.3 is 25.0 Å². The Morgan fingerprint density at radius 1 is 1.19 bits per heavy atom. The quantitative estimate of drug-likeness (QED) is 0.394. The van der Waals surface area contributed by atoms with Gasteiger partial charge in [0.05, 0.1) is 19.8 Å². The van der Waals surface area contributed by atoms with Crippen molar-refractivity contribution < 1.29 is 14.3 Å². The predicted molar refractivity (Wildman–Crippen MR) is 103 cm³/mol. The number of nitrogens with one attached hydrogen (secondary N) is 2. The zero-order chi connectivity index (χ0) is 18.6. The standard InChI is InChI=1S/C18H35N5O3/c1-3-26-18(24)23-10-6-16(7-11-23)21-17(19-2)20-8-4-5-9-22-12-14-25-15-13-22/h16H,3-15H2,1-2H3,(H2,19,20,21). The predicted octanol–water partition coefficient (Wildman–Crippen LogP) is 0.885. The first-order chi connectivity index (χ1) is 12.7. The van der Waals surface area contributed by atoms with Gasteiger partial charge in [-0.2, -0.15) is 0 Å².